The van der Waals surface area contributed by atoms with Gasteiger partial charge in [-0.15, -0.1) is 0 Å². The standard InChI is InChI=1S/C9H17N5/c1-6-7(13-9(2,3)4)11-5-12-8(6)14-10/h5H,10H2,1-4H3,(H2,11,12,13,14). The molecule has 4 N–H and O–H groups in total. The van der Waals surface area contributed by atoms with E-state index in [0.717, 1.165) is 11.4 Å². The maximum Gasteiger partial charge on any atom is 0.148 e. The van der Waals surface area contributed by atoms with Gasteiger partial charge in [0.1, 0.15) is 18.0 Å². The lowest BCUT2D eigenvalue weighted by atomic mass is 10.1. The molecule has 0 fully saturated rings. The average molecular weight is 195 g/mol. The van der Waals surface area contributed by atoms with Crippen molar-refractivity contribution in [1.29, 1.82) is 0 Å². The molecule has 0 saturated heterocycles. The quantitative estimate of drug-likeness (QED) is 0.489. The normalized spacial score (nSPS) is 11.2. The van der Waals surface area contributed by atoms with Gasteiger partial charge in [0.25, 0.3) is 0 Å². The number of nitrogen functional groups attached to an aromatic ring is 1. The van der Waals surface area contributed by atoms with Gasteiger partial charge in [-0.1, -0.05) is 0 Å². The Balaban J connectivity index is 2.98. The van der Waals surface area contributed by atoms with Crippen molar-refractivity contribution in [3.8, 4) is 0 Å². The molecule has 0 radical (unpaired) electrons. The maximum absolute atomic E-state index is 5.32. The van der Waals surface area contributed by atoms with Gasteiger partial charge in [-0.25, -0.2) is 15.8 Å². The van der Waals surface area contributed by atoms with E-state index in [1.165, 1.54) is 6.33 Å². The molecule has 1 aromatic heterocycles. The van der Waals surface area contributed by atoms with E-state index >= 15 is 0 Å². The number of rotatable bonds is 2. The maximum atomic E-state index is 5.32. The second-order valence-electron chi connectivity index (χ2n) is 4.22. The summed E-state index contributed by atoms with van der Waals surface area (Å²) in [5.74, 6) is 6.77. The zero-order chi connectivity index (χ0) is 10.8. The van der Waals surface area contributed by atoms with Crippen LogP contribution in [0, 0.1) is 6.92 Å². The highest BCUT2D eigenvalue weighted by Crippen LogP contribution is 2.20. The third-order valence-electron chi connectivity index (χ3n) is 1.71. The molecule has 0 aliphatic heterocycles. The number of hydrogen-bond donors (Lipinski definition) is 3. The molecule has 1 rings (SSSR count). The molecule has 0 spiro atoms. The molecule has 0 atom stereocenters. The van der Waals surface area contributed by atoms with Crippen LogP contribution in [0.1, 0.15) is 26.3 Å². The van der Waals surface area contributed by atoms with E-state index in [2.05, 4.69) is 41.5 Å². The summed E-state index contributed by atoms with van der Waals surface area (Å²) in [4.78, 5) is 8.15. The van der Waals surface area contributed by atoms with Crippen LogP contribution in [0.4, 0.5) is 11.6 Å². The number of hydrazine groups is 1. The highest BCUT2D eigenvalue weighted by Gasteiger charge is 2.13. The van der Waals surface area contributed by atoms with E-state index in [0.29, 0.717) is 5.82 Å². The Morgan fingerprint density at radius 3 is 2.29 bits per heavy atom. The Labute approximate surface area is 84.1 Å². The van der Waals surface area contributed by atoms with Gasteiger partial charge in [-0.2, -0.15) is 0 Å². The molecule has 0 bridgehead atoms. The fourth-order valence-electron chi connectivity index (χ4n) is 1.08. The van der Waals surface area contributed by atoms with Gasteiger partial charge >= 0.3 is 0 Å². The van der Waals surface area contributed by atoms with Crippen molar-refractivity contribution < 1.29 is 0 Å². The molecule has 78 valence electrons. The van der Waals surface area contributed by atoms with Crippen LogP contribution in [0.2, 0.25) is 0 Å². The van der Waals surface area contributed by atoms with Crippen LogP contribution >= 0.6 is 0 Å². The molecule has 0 amide bonds. The molecule has 1 aromatic rings. The third kappa shape index (κ3) is 2.56. The lowest BCUT2D eigenvalue weighted by Gasteiger charge is -2.22. The lowest BCUT2D eigenvalue weighted by Crippen LogP contribution is -2.27. The van der Waals surface area contributed by atoms with Crippen LogP contribution in [0.25, 0.3) is 0 Å². The minimum absolute atomic E-state index is 0.0228. The first-order valence-electron chi connectivity index (χ1n) is 4.50. The molecule has 0 aliphatic carbocycles. The first kappa shape index (κ1) is 10.7. The van der Waals surface area contributed by atoms with Gasteiger partial charge in [-0.05, 0) is 27.7 Å². The molecule has 1 heterocycles. The van der Waals surface area contributed by atoms with Crippen LogP contribution in [0.5, 0.6) is 0 Å². The van der Waals surface area contributed by atoms with Crippen molar-refractivity contribution in [3.63, 3.8) is 0 Å². The van der Waals surface area contributed by atoms with Gasteiger partial charge in [0, 0.05) is 11.1 Å². The molecule has 0 aromatic carbocycles. The molecule has 14 heavy (non-hydrogen) atoms. The van der Waals surface area contributed by atoms with Gasteiger partial charge in [-0.3, -0.25) is 0 Å². The minimum Gasteiger partial charge on any atom is -0.365 e. The summed E-state index contributed by atoms with van der Waals surface area (Å²) in [5.41, 5.74) is 3.43. The van der Waals surface area contributed by atoms with Gasteiger partial charge < -0.3 is 10.7 Å². The van der Waals surface area contributed by atoms with Crippen molar-refractivity contribution in [2.75, 3.05) is 10.7 Å². The molecule has 5 heteroatoms. The van der Waals surface area contributed by atoms with E-state index in [9.17, 15) is 0 Å². The Morgan fingerprint density at radius 1 is 1.21 bits per heavy atom. The van der Waals surface area contributed by atoms with Crippen LogP contribution in [-0.4, -0.2) is 15.5 Å². The zero-order valence-electron chi connectivity index (χ0n) is 9.05. The Bertz CT molecular complexity index is 315. The van der Waals surface area contributed by atoms with E-state index in [1.54, 1.807) is 0 Å². The number of nitrogens with two attached hydrogens (primary N) is 1. The number of nitrogens with zero attached hydrogens (tertiary/aromatic N) is 2. The van der Waals surface area contributed by atoms with Gasteiger partial charge in [0.15, 0.2) is 0 Å². The van der Waals surface area contributed by atoms with Crippen LogP contribution in [-0.2, 0) is 0 Å². The van der Waals surface area contributed by atoms with E-state index in [1.807, 2.05) is 6.92 Å². The molecule has 5 nitrogen and oxygen atoms in total. The summed E-state index contributed by atoms with van der Waals surface area (Å²) in [6.07, 6.45) is 1.48. The highest BCUT2D eigenvalue weighted by molar-refractivity contribution is 5.56. The van der Waals surface area contributed by atoms with Gasteiger partial charge in [0.2, 0.25) is 0 Å². The molecule has 0 saturated carbocycles. The summed E-state index contributed by atoms with van der Waals surface area (Å²) in [5, 5.41) is 3.28. The average Bonchev–Trinajstić information content (AvgIpc) is 2.06. The number of nitrogens with one attached hydrogen (secondary N) is 2. The fraction of sp³-hybridized carbons (Fsp3) is 0.556. The predicted octanol–water partition coefficient (Wildman–Crippen LogP) is 1.28. The topological polar surface area (TPSA) is 75.9 Å². The first-order chi connectivity index (χ1) is 6.44. The molecule has 0 unspecified atom stereocenters. The SMILES string of the molecule is Cc1c(NN)ncnc1NC(C)(C)C. The van der Waals surface area contributed by atoms with E-state index in [4.69, 9.17) is 5.84 Å². The summed E-state index contributed by atoms with van der Waals surface area (Å²) < 4.78 is 0. The van der Waals surface area contributed by atoms with Crippen molar-refractivity contribution in [1.82, 2.24) is 9.97 Å². The van der Waals surface area contributed by atoms with Crippen LogP contribution in [0.15, 0.2) is 6.33 Å². The van der Waals surface area contributed by atoms with Gasteiger partial charge in [0.05, 0.1) is 0 Å². The largest absolute Gasteiger partial charge is 0.365 e. The van der Waals surface area contributed by atoms with Crippen molar-refractivity contribution in [3.05, 3.63) is 11.9 Å². The number of aromatic nitrogens is 2. The second kappa shape index (κ2) is 3.79. The summed E-state index contributed by atoms with van der Waals surface area (Å²) in [6, 6.07) is 0. The first-order valence-corrected chi connectivity index (χ1v) is 4.50. The third-order valence-corrected chi connectivity index (χ3v) is 1.71. The second-order valence-corrected chi connectivity index (χ2v) is 4.22. The van der Waals surface area contributed by atoms with Crippen molar-refractivity contribution in [2.45, 2.75) is 33.2 Å². The summed E-state index contributed by atoms with van der Waals surface area (Å²) >= 11 is 0. The van der Waals surface area contributed by atoms with Crippen LogP contribution in [0.3, 0.4) is 0 Å². The predicted molar refractivity (Wildman–Crippen MR) is 58.0 cm³/mol. The minimum atomic E-state index is -0.0228. The monoisotopic (exact) mass is 195 g/mol. The Kier molecular flexibility index (Phi) is 2.90. The van der Waals surface area contributed by atoms with Crippen molar-refractivity contribution in [2.24, 2.45) is 5.84 Å². The Hall–Kier alpha value is -1.36. The van der Waals surface area contributed by atoms with E-state index in [-0.39, 0.29) is 5.54 Å². The Morgan fingerprint density at radius 2 is 1.79 bits per heavy atom. The number of hydrogen-bond acceptors (Lipinski definition) is 5. The molecular weight excluding hydrogens is 178 g/mol. The zero-order valence-corrected chi connectivity index (χ0v) is 9.05. The number of anilines is 2. The fourth-order valence-corrected chi connectivity index (χ4v) is 1.08. The molecular formula is C9H17N5. The van der Waals surface area contributed by atoms with Crippen molar-refractivity contribution >= 4 is 11.6 Å². The van der Waals surface area contributed by atoms with Crippen LogP contribution < -0.4 is 16.6 Å². The summed E-state index contributed by atoms with van der Waals surface area (Å²) in [6.45, 7) is 8.14. The smallest absolute Gasteiger partial charge is 0.148 e. The molecule has 0 aliphatic rings. The lowest BCUT2D eigenvalue weighted by molar-refractivity contribution is 0.629. The van der Waals surface area contributed by atoms with E-state index < -0.39 is 0 Å². The highest BCUT2D eigenvalue weighted by atomic mass is 15.3. The summed E-state index contributed by atoms with van der Waals surface area (Å²) in [7, 11) is 0.